The number of rotatable bonds is 11. The van der Waals surface area contributed by atoms with Gasteiger partial charge in [-0.3, -0.25) is 19.3 Å². The molecule has 1 atom stereocenters. The second-order valence-electron chi connectivity index (χ2n) is 10.00. The van der Waals surface area contributed by atoms with Gasteiger partial charge < -0.3 is 10.2 Å². The van der Waals surface area contributed by atoms with Crippen LogP contribution in [0.15, 0.2) is 60.0 Å². The smallest absolute Gasteiger partial charge is 0.255 e. The zero-order valence-corrected chi connectivity index (χ0v) is 22.9. The van der Waals surface area contributed by atoms with Crippen molar-refractivity contribution in [1.29, 1.82) is 0 Å². The summed E-state index contributed by atoms with van der Waals surface area (Å²) in [6.45, 7) is 9.60. The number of hydrogen-bond acceptors (Lipinski definition) is 5. The van der Waals surface area contributed by atoms with Crippen LogP contribution in [0.2, 0.25) is 0 Å². The van der Waals surface area contributed by atoms with Crippen molar-refractivity contribution in [3.63, 3.8) is 0 Å². The van der Waals surface area contributed by atoms with E-state index in [0.29, 0.717) is 18.5 Å². The number of piperidine rings is 1. The molecular weight excluding hydrogens is 482 g/mol. The zero-order chi connectivity index (χ0) is 26.6. The molecule has 2 aromatic carbocycles. The molecule has 1 N–H and O–H groups in total. The van der Waals surface area contributed by atoms with E-state index in [9.17, 15) is 14.4 Å². The maximum atomic E-state index is 13.2. The molecule has 3 amide bonds. The minimum atomic E-state index is -0.577. The molecule has 7 heteroatoms. The molecule has 2 aliphatic rings. The second-order valence-corrected chi connectivity index (χ2v) is 11.0. The zero-order valence-electron chi connectivity index (χ0n) is 22.1. The van der Waals surface area contributed by atoms with E-state index in [1.54, 1.807) is 16.7 Å². The monoisotopic (exact) mass is 519 g/mol. The summed E-state index contributed by atoms with van der Waals surface area (Å²) in [6, 6.07) is 13.9. The molecular formula is C30H37N3O3S. The summed E-state index contributed by atoms with van der Waals surface area (Å²) in [5, 5.41) is 3.74. The Hall–Kier alpha value is -2.90. The summed E-state index contributed by atoms with van der Waals surface area (Å²) in [6.07, 6.45) is 5.76. The minimum absolute atomic E-state index is 0.0997. The third-order valence-corrected chi connectivity index (χ3v) is 9.09. The van der Waals surface area contributed by atoms with Gasteiger partial charge in [-0.2, -0.15) is 0 Å². The van der Waals surface area contributed by atoms with Gasteiger partial charge in [0.2, 0.25) is 5.91 Å². The summed E-state index contributed by atoms with van der Waals surface area (Å²) in [5.74, 6) is 0.195. The molecule has 0 radical (unpaired) electrons. The van der Waals surface area contributed by atoms with Gasteiger partial charge in [0.25, 0.3) is 11.8 Å². The summed E-state index contributed by atoms with van der Waals surface area (Å²) in [5.41, 5.74) is 4.21. The number of nitrogens with zero attached hydrogens (tertiary/aromatic N) is 2. The summed E-state index contributed by atoms with van der Waals surface area (Å²) in [7, 11) is 1.50. The van der Waals surface area contributed by atoms with Crippen molar-refractivity contribution in [3.05, 3.63) is 77.4 Å². The van der Waals surface area contributed by atoms with Crippen molar-refractivity contribution in [2.24, 2.45) is 0 Å². The van der Waals surface area contributed by atoms with Gasteiger partial charge in [-0.15, -0.1) is 18.3 Å². The van der Waals surface area contributed by atoms with Gasteiger partial charge in [-0.05, 0) is 54.5 Å². The molecule has 2 heterocycles. The highest BCUT2D eigenvalue weighted by molar-refractivity contribution is 7.98. The lowest BCUT2D eigenvalue weighted by atomic mass is 9.88. The molecule has 0 bridgehead atoms. The number of amides is 3. The molecule has 0 aliphatic carbocycles. The first-order valence-corrected chi connectivity index (χ1v) is 14.1. The second kappa shape index (κ2) is 11.7. The van der Waals surface area contributed by atoms with Crippen molar-refractivity contribution in [2.45, 2.75) is 81.3 Å². The first-order valence-electron chi connectivity index (χ1n) is 13.1. The molecule has 1 fully saturated rings. The Labute approximate surface area is 224 Å². The van der Waals surface area contributed by atoms with Crippen LogP contribution in [0.4, 0.5) is 0 Å². The average Bonchev–Trinajstić information content (AvgIpc) is 3.26. The largest absolute Gasteiger partial charge is 0.322 e. The number of nitrogens with one attached hydrogen (secondary N) is 1. The van der Waals surface area contributed by atoms with Crippen LogP contribution in [0.3, 0.4) is 0 Å². The number of benzene rings is 2. The Bertz CT molecular complexity index is 1170. The van der Waals surface area contributed by atoms with E-state index in [-0.39, 0.29) is 29.7 Å². The quantitative estimate of drug-likeness (QED) is 0.248. The fourth-order valence-electron chi connectivity index (χ4n) is 5.24. The lowest BCUT2D eigenvalue weighted by Crippen LogP contribution is -2.53. The summed E-state index contributed by atoms with van der Waals surface area (Å²) in [4.78, 5) is 41.6. The van der Waals surface area contributed by atoms with Crippen molar-refractivity contribution in [1.82, 2.24) is 15.1 Å². The lowest BCUT2D eigenvalue weighted by molar-refractivity contribution is -0.150. The molecule has 4 rings (SSSR count). The van der Waals surface area contributed by atoms with E-state index in [0.717, 1.165) is 46.9 Å². The van der Waals surface area contributed by atoms with Crippen LogP contribution in [-0.4, -0.2) is 46.1 Å². The average molecular weight is 520 g/mol. The van der Waals surface area contributed by atoms with Crippen molar-refractivity contribution in [2.75, 3.05) is 7.05 Å². The normalized spacial score (nSPS) is 17.9. The number of likely N-dealkylation sites (tertiary alicyclic amines) is 1. The number of likely N-dealkylation sites (N-methyl/N-ethyl adjacent to an activating group) is 1. The van der Waals surface area contributed by atoms with Gasteiger partial charge in [0, 0.05) is 48.3 Å². The molecule has 37 heavy (non-hydrogen) atoms. The highest BCUT2D eigenvalue weighted by Gasteiger charge is 2.42. The maximum Gasteiger partial charge on any atom is 0.255 e. The lowest BCUT2D eigenvalue weighted by Gasteiger charge is -2.33. The molecule has 0 spiro atoms. The van der Waals surface area contributed by atoms with E-state index in [1.165, 1.54) is 18.2 Å². The number of hydrogen-bond donors (Lipinski definition) is 1. The Balaban J connectivity index is 1.39. The van der Waals surface area contributed by atoms with Gasteiger partial charge >= 0.3 is 0 Å². The summed E-state index contributed by atoms with van der Waals surface area (Å²) < 4.78 is 0. The molecule has 2 aliphatic heterocycles. The predicted octanol–water partition coefficient (Wildman–Crippen LogP) is 5.31. The third kappa shape index (κ3) is 5.68. The molecule has 196 valence electrons. The molecule has 0 saturated carbocycles. The van der Waals surface area contributed by atoms with Gasteiger partial charge in [-0.25, -0.2) is 0 Å². The van der Waals surface area contributed by atoms with Gasteiger partial charge in [0.15, 0.2) is 0 Å². The number of imide groups is 1. The van der Waals surface area contributed by atoms with E-state index in [4.69, 9.17) is 0 Å². The van der Waals surface area contributed by atoms with Gasteiger partial charge in [0.05, 0.1) is 0 Å². The first-order chi connectivity index (χ1) is 17.8. The SMILES string of the molecule is C=CCC(CC)(CC)NCc1ccc(CSc2cccc3c2CN(C2CCC(=O)N(C)C2=O)C3=O)cc1. The molecule has 1 unspecified atom stereocenters. The van der Waals surface area contributed by atoms with E-state index >= 15 is 0 Å². The Morgan fingerprint density at radius 1 is 1.08 bits per heavy atom. The van der Waals surface area contributed by atoms with Crippen LogP contribution in [0.25, 0.3) is 0 Å². The first kappa shape index (κ1) is 27.1. The number of fused-ring (bicyclic) bond motifs is 1. The van der Waals surface area contributed by atoms with Gasteiger partial charge in [-0.1, -0.05) is 50.3 Å². The van der Waals surface area contributed by atoms with Crippen LogP contribution in [0.1, 0.15) is 73.0 Å². The van der Waals surface area contributed by atoms with Crippen molar-refractivity contribution < 1.29 is 14.4 Å². The van der Waals surface area contributed by atoms with Crippen LogP contribution in [0, 0.1) is 0 Å². The van der Waals surface area contributed by atoms with Crippen LogP contribution in [-0.2, 0) is 28.4 Å². The fraction of sp³-hybridized carbons (Fsp3) is 0.433. The number of carbonyl (C=O) groups is 3. The van der Waals surface area contributed by atoms with Crippen LogP contribution >= 0.6 is 11.8 Å². The maximum absolute atomic E-state index is 13.2. The third-order valence-electron chi connectivity index (χ3n) is 7.92. The molecule has 2 aromatic rings. The Morgan fingerprint density at radius 3 is 2.46 bits per heavy atom. The molecule has 6 nitrogen and oxygen atoms in total. The Morgan fingerprint density at radius 2 is 1.78 bits per heavy atom. The standard InChI is InChI=1S/C30H37N3O3S/c1-5-17-30(6-2,7-3)31-18-21-11-13-22(14-12-21)20-37-26-10-8-9-23-24(26)19-33(28(23)35)25-15-16-27(34)32(4)29(25)36/h5,8-14,25,31H,1,6-7,15-20H2,2-4H3. The highest BCUT2D eigenvalue weighted by Crippen LogP contribution is 2.36. The van der Waals surface area contributed by atoms with Crippen LogP contribution in [0.5, 0.6) is 0 Å². The number of carbonyl (C=O) groups excluding carboxylic acids is 3. The minimum Gasteiger partial charge on any atom is -0.322 e. The molecule has 1 saturated heterocycles. The van der Waals surface area contributed by atoms with E-state index < -0.39 is 6.04 Å². The fourth-order valence-corrected chi connectivity index (χ4v) is 6.28. The van der Waals surface area contributed by atoms with E-state index in [2.05, 4.69) is 50.0 Å². The molecule has 0 aromatic heterocycles. The number of thioether (sulfide) groups is 1. The summed E-state index contributed by atoms with van der Waals surface area (Å²) >= 11 is 1.71. The topological polar surface area (TPSA) is 69.7 Å². The van der Waals surface area contributed by atoms with Crippen molar-refractivity contribution >= 4 is 29.5 Å². The highest BCUT2D eigenvalue weighted by atomic mass is 32.2. The Kier molecular flexibility index (Phi) is 8.55. The van der Waals surface area contributed by atoms with Gasteiger partial charge in [0.1, 0.15) is 6.04 Å². The van der Waals surface area contributed by atoms with Crippen molar-refractivity contribution in [3.8, 4) is 0 Å². The predicted molar refractivity (Wildman–Crippen MR) is 148 cm³/mol. The van der Waals surface area contributed by atoms with E-state index in [1.807, 2.05) is 24.3 Å². The van der Waals surface area contributed by atoms with Crippen LogP contribution < -0.4 is 5.32 Å².